The fraction of sp³-hybridized carbons (Fsp3) is 0.583. The minimum Gasteiger partial charge on any atom is -0.478 e. The average Bonchev–Trinajstić information content (AvgIpc) is 2.78. The summed E-state index contributed by atoms with van der Waals surface area (Å²) < 4.78 is 26.8. The Morgan fingerprint density at radius 1 is 1.37 bits per heavy atom. The molecule has 1 aliphatic rings. The number of hydrogen-bond donors (Lipinski definition) is 1. The van der Waals surface area contributed by atoms with E-state index in [1.807, 2.05) is 13.8 Å². The van der Waals surface area contributed by atoms with Crippen molar-refractivity contribution in [2.75, 3.05) is 0 Å². The second-order valence-electron chi connectivity index (χ2n) is 4.92. The molecule has 2 heterocycles. The van der Waals surface area contributed by atoms with Crippen LogP contribution in [0.3, 0.4) is 0 Å². The first-order valence-corrected chi connectivity index (χ1v) is 8.51. The number of carboxylic acid groups (broad SMARTS) is 1. The maximum Gasteiger partial charge on any atom is 0.336 e. The molecule has 0 aromatic carbocycles. The summed E-state index contributed by atoms with van der Waals surface area (Å²) in [5, 5.41) is 10.2. The van der Waals surface area contributed by atoms with Gasteiger partial charge < -0.3 is 5.11 Å². The quantitative estimate of drug-likeness (QED) is 0.930. The molecule has 0 amide bonds. The van der Waals surface area contributed by atoms with Gasteiger partial charge in [-0.15, -0.1) is 11.3 Å². The first-order chi connectivity index (χ1) is 8.84. The lowest BCUT2D eigenvalue weighted by atomic mass is 10.0. The molecule has 7 heteroatoms. The normalized spacial score (nSPS) is 25.4. The van der Waals surface area contributed by atoms with Crippen LogP contribution in [0.2, 0.25) is 0 Å². The molecule has 0 aliphatic carbocycles. The Hall–Kier alpha value is -0.920. The number of nitrogens with zero attached hydrogens (tertiary/aromatic N) is 1. The Kier molecular flexibility index (Phi) is 3.98. The van der Waals surface area contributed by atoms with Crippen molar-refractivity contribution in [1.82, 2.24) is 4.31 Å². The van der Waals surface area contributed by atoms with E-state index < -0.39 is 16.0 Å². The maximum atomic E-state index is 12.6. The fourth-order valence-corrected chi connectivity index (χ4v) is 5.68. The smallest absolute Gasteiger partial charge is 0.336 e. The highest BCUT2D eigenvalue weighted by atomic mass is 32.2. The predicted octanol–water partition coefficient (Wildman–Crippen LogP) is 2.40. The van der Waals surface area contributed by atoms with Gasteiger partial charge in [-0.3, -0.25) is 0 Å². The molecule has 1 saturated heterocycles. The summed E-state index contributed by atoms with van der Waals surface area (Å²) in [7, 11) is -3.58. The molecule has 0 radical (unpaired) electrons. The molecule has 1 aromatic rings. The highest BCUT2D eigenvalue weighted by molar-refractivity contribution is 7.91. The number of sulfonamides is 1. The van der Waals surface area contributed by atoms with Crippen LogP contribution in [0.5, 0.6) is 0 Å². The van der Waals surface area contributed by atoms with Gasteiger partial charge in [0.1, 0.15) is 4.21 Å². The number of rotatable bonds is 3. The summed E-state index contributed by atoms with van der Waals surface area (Å²) in [4.78, 5) is 10.8. The van der Waals surface area contributed by atoms with E-state index >= 15 is 0 Å². The largest absolute Gasteiger partial charge is 0.478 e. The van der Waals surface area contributed by atoms with E-state index in [1.165, 1.54) is 15.8 Å². The minimum absolute atomic E-state index is 0.0286. The molecule has 1 fully saturated rings. The highest BCUT2D eigenvalue weighted by Crippen LogP contribution is 2.32. The molecular weight excluding hydrogens is 286 g/mol. The van der Waals surface area contributed by atoms with Crippen molar-refractivity contribution in [2.45, 2.75) is 49.4 Å². The summed E-state index contributed by atoms with van der Waals surface area (Å²) in [6, 6.07) is 1.17. The summed E-state index contributed by atoms with van der Waals surface area (Å²) in [6.45, 7) is 3.80. The summed E-state index contributed by atoms with van der Waals surface area (Å²) in [6.07, 6.45) is 2.72. The second kappa shape index (κ2) is 5.22. The molecule has 5 nitrogen and oxygen atoms in total. The fourth-order valence-electron chi connectivity index (χ4n) is 2.54. The van der Waals surface area contributed by atoms with Gasteiger partial charge in [-0.25, -0.2) is 13.2 Å². The van der Waals surface area contributed by atoms with Crippen molar-refractivity contribution in [3.8, 4) is 0 Å². The summed E-state index contributed by atoms with van der Waals surface area (Å²) in [5.41, 5.74) is 0.0286. The van der Waals surface area contributed by atoms with Crippen LogP contribution < -0.4 is 0 Å². The third kappa shape index (κ3) is 2.68. The monoisotopic (exact) mass is 303 g/mol. The highest BCUT2D eigenvalue weighted by Gasteiger charge is 2.36. The van der Waals surface area contributed by atoms with E-state index in [1.54, 1.807) is 0 Å². The van der Waals surface area contributed by atoms with Gasteiger partial charge in [0.25, 0.3) is 10.0 Å². The lowest BCUT2D eigenvalue weighted by Gasteiger charge is -2.37. The molecular formula is C12H17NO4S2. The second-order valence-corrected chi connectivity index (χ2v) is 7.90. The van der Waals surface area contributed by atoms with Gasteiger partial charge in [-0.05, 0) is 32.8 Å². The van der Waals surface area contributed by atoms with Gasteiger partial charge in [0.15, 0.2) is 0 Å². The van der Waals surface area contributed by atoms with Crippen LogP contribution in [-0.2, 0) is 10.0 Å². The van der Waals surface area contributed by atoms with E-state index in [0.29, 0.717) is 0 Å². The third-order valence-electron chi connectivity index (χ3n) is 3.47. The topological polar surface area (TPSA) is 74.7 Å². The maximum absolute atomic E-state index is 12.6. The standard InChI is InChI=1S/C12H17NO4S2/c1-8-4-3-5-9(2)13(8)19(16,17)11-6-10(7-18-11)12(14)15/h6-9H,3-5H2,1-2H3,(H,14,15)/t8-,9+. The van der Waals surface area contributed by atoms with E-state index in [0.717, 1.165) is 30.6 Å². The van der Waals surface area contributed by atoms with Crippen molar-refractivity contribution in [2.24, 2.45) is 0 Å². The zero-order valence-electron chi connectivity index (χ0n) is 10.9. The van der Waals surface area contributed by atoms with Crippen molar-refractivity contribution < 1.29 is 18.3 Å². The Balaban J connectivity index is 2.37. The first kappa shape index (κ1) is 14.5. The van der Waals surface area contributed by atoms with Crippen LogP contribution in [0.4, 0.5) is 0 Å². The van der Waals surface area contributed by atoms with E-state index in [4.69, 9.17) is 5.11 Å². The van der Waals surface area contributed by atoms with Crippen molar-refractivity contribution in [3.63, 3.8) is 0 Å². The zero-order valence-corrected chi connectivity index (χ0v) is 12.5. The van der Waals surface area contributed by atoms with Crippen LogP contribution in [-0.4, -0.2) is 35.9 Å². The van der Waals surface area contributed by atoms with E-state index in [9.17, 15) is 13.2 Å². The van der Waals surface area contributed by atoms with Gasteiger partial charge in [0.05, 0.1) is 5.56 Å². The number of carboxylic acids is 1. The number of carbonyl (C=O) groups is 1. The number of thiophene rings is 1. The lowest BCUT2D eigenvalue weighted by molar-refractivity contribution is 0.0697. The van der Waals surface area contributed by atoms with Gasteiger partial charge in [-0.2, -0.15) is 4.31 Å². The van der Waals surface area contributed by atoms with Gasteiger partial charge in [0.2, 0.25) is 0 Å². The van der Waals surface area contributed by atoms with Crippen LogP contribution in [0.1, 0.15) is 43.5 Å². The third-order valence-corrected chi connectivity index (χ3v) is 7.01. The summed E-state index contributed by atoms with van der Waals surface area (Å²) >= 11 is 0.972. The van der Waals surface area contributed by atoms with Gasteiger partial charge in [-0.1, -0.05) is 6.42 Å². The van der Waals surface area contributed by atoms with Crippen LogP contribution >= 0.6 is 11.3 Å². The van der Waals surface area contributed by atoms with E-state index in [2.05, 4.69) is 0 Å². The zero-order chi connectivity index (χ0) is 14.2. The Morgan fingerprint density at radius 3 is 2.42 bits per heavy atom. The average molecular weight is 303 g/mol. The Bertz CT molecular complexity index is 568. The molecule has 1 N–H and O–H groups in total. The first-order valence-electron chi connectivity index (χ1n) is 6.19. The molecule has 106 valence electrons. The molecule has 1 aliphatic heterocycles. The minimum atomic E-state index is -3.58. The van der Waals surface area contributed by atoms with Crippen LogP contribution in [0, 0.1) is 0 Å². The molecule has 0 spiro atoms. The Labute approximate surface area is 116 Å². The molecule has 0 saturated carbocycles. The van der Waals surface area contributed by atoms with Crippen molar-refractivity contribution >= 4 is 27.3 Å². The molecule has 0 unspecified atom stereocenters. The van der Waals surface area contributed by atoms with Crippen molar-refractivity contribution in [1.29, 1.82) is 0 Å². The number of piperidine rings is 1. The summed E-state index contributed by atoms with van der Waals surface area (Å²) in [5.74, 6) is -1.10. The predicted molar refractivity (Wildman–Crippen MR) is 73.1 cm³/mol. The number of hydrogen-bond acceptors (Lipinski definition) is 4. The lowest BCUT2D eigenvalue weighted by Crippen LogP contribution is -2.47. The SMILES string of the molecule is C[C@@H]1CCC[C@H](C)N1S(=O)(=O)c1cc(C(=O)O)cs1. The van der Waals surface area contributed by atoms with Crippen LogP contribution in [0.15, 0.2) is 15.7 Å². The molecule has 2 atom stereocenters. The Morgan fingerprint density at radius 2 is 1.95 bits per heavy atom. The molecule has 0 bridgehead atoms. The molecule has 1 aromatic heterocycles. The van der Waals surface area contributed by atoms with Gasteiger partial charge in [0, 0.05) is 17.5 Å². The number of aromatic carboxylic acids is 1. The van der Waals surface area contributed by atoms with Crippen molar-refractivity contribution in [3.05, 3.63) is 17.0 Å². The van der Waals surface area contributed by atoms with Crippen LogP contribution in [0.25, 0.3) is 0 Å². The molecule has 2 rings (SSSR count). The van der Waals surface area contributed by atoms with Gasteiger partial charge >= 0.3 is 5.97 Å². The molecule has 19 heavy (non-hydrogen) atoms. The van der Waals surface area contributed by atoms with E-state index in [-0.39, 0.29) is 21.9 Å².